The highest BCUT2D eigenvalue weighted by Gasteiger charge is 2.12. The summed E-state index contributed by atoms with van der Waals surface area (Å²) in [4.78, 5) is 3.54. The lowest BCUT2D eigenvalue weighted by molar-refractivity contribution is 0.579. The second-order valence-electron chi connectivity index (χ2n) is 5.17. The van der Waals surface area contributed by atoms with E-state index in [1.807, 2.05) is 24.4 Å². The van der Waals surface area contributed by atoms with Gasteiger partial charge in [0.1, 0.15) is 0 Å². The summed E-state index contributed by atoms with van der Waals surface area (Å²) >= 11 is 0. The van der Waals surface area contributed by atoms with E-state index in [1.165, 1.54) is 10.9 Å². The standard InChI is InChI=1S/C17H18N2O2S/c20-22(21,15-8-2-1-3-9-15)19-12-6-7-14-13-18-17-11-5-4-10-16(14)17/h1-5,8-11,13,18-19H,6-7,12H2. The summed E-state index contributed by atoms with van der Waals surface area (Å²) in [6, 6.07) is 16.6. The Kier molecular flexibility index (Phi) is 4.27. The quantitative estimate of drug-likeness (QED) is 0.687. The molecule has 3 aromatic rings. The van der Waals surface area contributed by atoms with Crippen molar-refractivity contribution < 1.29 is 8.42 Å². The Morgan fingerprint density at radius 3 is 2.50 bits per heavy atom. The van der Waals surface area contributed by atoms with Crippen LogP contribution in [0.25, 0.3) is 10.9 Å². The number of aromatic amines is 1. The number of sulfonamides is 1. The van der Waals surface area contributed by atoms with Gasteiger partial charge >= 0.3 is 0 Å². The van der Waals surface area contributed by atoms with E-state index in [9.17, 15) is 8.42 Å². The Hall–Kier alpha value is -2.11. The fraction of sp³-hybridized carbons (Fsp3) is 0.176. The minimum atomic E-state index is -3.40. The van der Waals surface area contributed by atoms with Crippen molar-refractivity contribution in [2.45, 2.75) is 17.7 Å². The van der Waals surface area contributed by atoms with Gasteiger partial charge in [-0.05, 0) is 36.6 Å². The molecule has 3 rings (SSSR count). The van der Waals surface area contributed by atoms with Crippen LogP contribution in [0.2, 0.25) is 0 Å². The van der Waals surface area contributed by atoms with Gasteiger partial charge in [0, 0.05) is 23.6 Å². The van der Waals surface area contributed by atoms with Crippen molar-refractivity contribution in [1.29, 1.82) is 0 Å². The monoisotopic (exact) mass is 314 g/mol. The summed E-state index contributed by atoms with van der Waals surface area (Å²) < 4.78 is 26.8. The molecular weight excluding hydrogens is 296 g/mol. The number of nitrogens with one attached hydrogen (secondary N) is 2. The molecule has 5 heteroatoms. The maximum Gasteiger partial charge on any atom is 0.240 e. The molecule has 0 saturated heterocycles. The van der Waals surface area contributed by atoms with E-state index in [0.717, 1.165) is 18.4 Å². The van der Waals surface area contributed by atoms with Crippen molar-refractivity contribution in [3.8, 4) is 0 Å². The smallest absolute Gasteiger partial charge is 0.240 e. The third-order valence-electron chi connectivity index (χ3n) is 3.64. The second kappa shape index (κ2) is 6.34. The third kappa shape index (κ3) is 3.21. The molecule has 1 aromatic heterocycles. The first-order valence-electron chi connectivity index (χ1n) is 7.26. The van der Waals surface area contributed by atoms with E-state index >= 15 is 0 Å². The van der Waals surface area contributed by atoms with Crippen LogP contribution in [-0.2, 0) is 16.4 Å². The molecule has 0 aliphatic carbocycles. The molecule has 0 aliphatic heterocycles. The van der Waals surface area contributed by atoms with Crippen LogP contribution in [0.4, 0.5) is 0 Å². The maximum absolute atomic E-state index is 12.1. The number of H-pyrrole nitrogens is 1. The van der Waals surface area contributed by atoms with E-state index < -0.39 is 10.0 Å². The van der Waals surface area contributed by atoms with Gasteiger partial charge in [0.15, 0.2) is 0 Å². The van der Waals surface area contributed by atoms with Crippen LogP contribution in [-0.4, -0.2) is 19.9 Å². The van der Waals surface area contributed by atoms with Crippen molar-refractivity contribution in [1.82, 2.24) is 9.71 Å². The molecule has 2 N–H and O–H groups in total. The fourth-order valence-corrected chi connectivity index (χ4v) is 3.60. The molecule has 0 saturated carbocycles. The van der Waals surface area contributed by atoms with Gasteiger partial charge in [0.2, 0.25) is 10.0 Å². The minimum Gasteiger partial charge on any atom is -0.361 e. The first kappa shape index (κ1) is 14.8. The SMILES string of the molecule is O=S(=O)(NCCCc1c[nH]c2ccccc12)c1ccccc1. The predicted molar refractivity (Wildman–Crippen MR) is 88.3 cm³/mol. The van der Waals surface area contributed by atoms with E-state index in [0.29, 0.717) is 11.4 Å². The molecule has 1 heterocycles. The van der Waals surface area contributed by atoms with E-state index in [1.54, 1.807) is 30.3 Å². The number of para-hydroxylation sites is 1. The fourth-order valence-electron chi connectivity index (χ4n) is 2.51. The van der Waals surface area contributed by atoms with Gasteiger partial charge in [-0.1, -0.05) is 36.4 Å². The van der Waals surface area contributed by atoms with E-state index in [-0.39, 0.29) is 0 Å². The zero-order valence-electron chi connectivity index (χ0n) is 12.1. The lowest BCUT2D eigenvalue weighted by Crippen LogP contribution is -2.25. The molecule has 0 radical (unpaired) electrons. The van der Waals surface area contributed by atoms with Crippen LogP contribution in [0, 0.1) is 0 Å². The maximum atomic E-state index is 12.1. The lowest BCUT2D eigenvalue weighted by atomic mass is 10.1. The Balaban J connectivity index is 1.58. The van der Waals surface area contributed by atoms with Gasteiger partial charge in [-0.2, -0.15) is 0 Å². The molecule has 0 aliphatic rings. The first-order valence-corrected chi connectivity index (χ1v) is 8.75. The summed E-state index contributed by atoms with van der Waals surface area (Å²) in [6.45, 7) is 0.427. The number of aromatic nitrogens is 1. The summed E-state index contributed by atoms with van der Waals surface area (Å²) in [7, 11) is -3.40. The van der Waals surface area contributed by atoms with Crippen LogP contribution < -0.4 is 4.72 Å². The average molecular weight is 314 g/mol. The Morgan fingerprint density at radius 2 is 1.68 bits per heavy atom. The van der Waals surface area contributed by atoms with Crippen LogP contribution >= 0.6 is 0 Å². The van der Waals surface area contributed by atoms with Gasteiger partial charge in [0.25, 0.3) is 0 Å². The van der Waals surface area contributed by atoms with Crippen molar-refractivity contribution in [3.63, 3.8) is 0 Å². The summed E-state index contributed by atoms with van der Waals surface area (Å²) in [5.41, 5.74) is 2.33. The highest BCUT2D eigenvalue weighted by atomic mass is 32.2. The zero-order valence-corrected chi connectivity index (χ0v) is 12.9. The lowest BCUT2D eigenvalue weighted by Gasteiger charge is -2.06. The molecule has 114 valence electrons. The van der Waals surface area contributed by atoms with Crippen molar-refractivity contribution >= 4 is 20.9 Å². The van der Waals surface area contributed by atoms with Gasteiger partial charge in [-0.25, -0.2) is 13.1 Å². The van der Waals surface area contributed by atoms with Crippen molar-refractivity contribution in [2.24, 2.45) is 0 Å². The molecule has 0 fully saturated rings. The molecule has 0 spiro atoms. The number of rotatable bonds is 6. The zero-order chi connectivity index (χ0) is 15.4. The highest BCUT2D eigenvalue weighted by molar-refractivity contribution is 7.89. The number of aryl methyl sites for hydroxylation is 1. The minimum absolute atomic E-state index is 0.307. The molecule has 0 atom stereocenters. The van der Waals surface area contributed by atoms with E-state index in [2.05, 4.69) is 15.8 Å². The molecular formula is C17H18N2O2S. The third-order valence-corrected chi connectivity index (χ3v) is 5.12. The number of hydrogen-bond donors (Lipinski definition) is 2. The van der Waals surface area contributed by atoms with Gasteiger partial charge in [-0.3, -0.25) is 0 Å². The van der Waals surface area contributed by atoms with Crippen LogP contribution in [0.1, 0.15) is 12.0 Å². The van der Waals surface area contributed by atoms with Crippen LogP contribution in [0.5, 0.6) is 0 Å². The number of benzene rings is 2. The van der Waals surface area contributed by atoms with Crippen LogP contribution in [0.15, 0.2) is 65.7 Å². The van der Waals surface area contributed by atoms with Crippen LogP contribution in [0.3, 0.4) is 0 Å². The van der Waals surface area contributed by atoms with Crippen molar-refractivity contribution in [2.75, 3.05) is 6.54 Å². The topological polar surface area (TPSA) is 62.0 Å². The summed E-state index contributed by atoms with van der Waals surface area (Å²) in [6.07, 6.45) is 3.59. The van der Waals surface area contributed by atoms with Gasteiger partial charge < -0.3 is 4.98 Å². The first-order chi connectivity index (χ1) is 10.7. The predicted octanol–water partition coefficient (Wildman–Crippen LogP) is 3.08. The van der Waals surface area contributed by atoms with Gasteiger partial charge in [-0.15, -0.1) is 0 Å². The second-order valence-corrected chi connectivity index (χ2v) is 6.94. The summed E-state index contributed by atoms with van der Waals surface area (Å²) in [5.74, 6) is 0. The number of fused-ring (bicyclic) bond motifs is 1. The average Bonchev–Trinajstić information content (AvgIpc) is 2.96. The molecule has 0 amide bonds. The van der Waals surface area contributed by atoms with E-state index in [4.69, 9.17) is 0 Å². The highest BCUT2D eigenvalue weighted by Crippen LogP contribution is 2.18. The van der Waals surface area contributed by atoms with Crippen molar-refractivity contribution in [3.05, 3.63) is 66.4 Å². The molecule has 0 bridgehead atoms. The Labute approximate surface area is 130 Å². The Bertz CT molecular complexity index is 855. The largest absolute Gasteiger partial charge is 0.361 e. The number of hydrogen-bond acceptors (Lipinski definition) is 2. The summed E-state index contributed by atoms with van der Waals surface area (Å²) in [5, 5.41) is 1.20. The Morgan fingerprint density at radius 1 is 0.955 bits per heavy atom. The molecule has 4 nitrogen and oxygen atoms in total. The van der Waals surface area contributed by atoms with Gasteiger partial charge in [0.05, 0.1) is 4.90 Å². The normalized spacial score (nSPS) is 11.8. The molecule has 2 aromatic carbocycles. The molecule has 22 heavy (non-hydrogen) atoms. The molecule has 0 unspecified atom stereocenters.